The van der Waals surface area contributed by atoms with Crippen molar-refractivity contribution in [3.05, 3.63) is 0 Å². The number of halogens is 3. The van der Waals surface area contributed by atoms with E-state index in [2.05, 4.69) is 5.32 Å². The summed E-state index contributed by atoms with van der Waals surface area (Å²) in [5.74, 6) is -1.37. The zero-order valence-electron chi connectivity index (χ0n) is 12.5. The van der Waals surface area contributed by atoms with Gasteiger partial charge in [-0.15, -0.1) is 0 Å². The topological polar surface area (TPSA) is 47.6 Å². The third-order valence-corrected chi connectivity index (χ3v) is 4.12. The van der Waals surface area contributed by atoms with Gasteiger partial charge >= 0.3 is 12.3 Å². The number of ether oxygens (including phenoxy) is 2. The van der Waals surface area contributed by atoms with Crippen molar-refractivity contribution in [3.8, 4) is 0 Å². The fourth-order valence-electron chi connectivity index (χ4n) is 3.01. The Bertz CT molecular complexity index is 395. The van der Waals surface area contributed by atoms with Crippen molar-refractivity contribution in [2.45, 2.75) is 69.9 Å². The van der Waals surface area contributed by atoms with Crippen molar-refractivity contribution in [3.63, 3.8) is 0 Å². The second-order valence-electron chi connectivity index (χ2n) is 6.89. The smallest absolute Gasteiger partial charge is 0.407 e. The first-order valence-electron chi connectivity index (χ1n) is 7.22. The lowest BCUT2D eigenvalue weighted by Crippen LogP contribution is -2.62. The van der Waals surface area contributed by atoms with E-state index in [0.717, 1.165) is 0 Å². The number of carbonyl (C=O) groups excluding carboxylic acids is 1. The third-order valence-electron chi connectivity index (χ3n) is 4.12. The average Bonchev–Trinajstić information content (AvgIpc) is 2.23. The first kappa shape index (κ1) is 16.4. The molecular weight excluding hydrogens is 287 g/mol. The van der Waals surface area contributed by atoms with E-state index in [4.69, 9.17) is 9.47 Å². The molecule has 2 fully saturated rings. The summed E-state index contributed by atoms with van der Waals surface area (Å²) in [7, 11) is 0. The normalized spacial score (nSPS) is 33.4. The molecule has 122 valence electrons. The lowest BCUT2D eigenvalue weighted by Gasteiger charge is -2.53. The van der Waals surface area contributed by atoms with Gasteiger partial charge in [-0.05, 0) is 46.5 Å². The molecule has 1 saturated heterocycles. The molecule has 1 unspecified atom stereocenters. The molecule has 7 heteroatoms. The maximum absolute atomic E-state index is 12.9. The maximum atomic E-state index is 12.9. The predicted molar refractivity (Wildman–Crippen MR) is 69.9 cm³/mol. The van der Waals surface area contributed by atoms with Crippen molar-refractivity contribution in [1.29, 1.82) is 0 Å². The van der Waals surface area contributed by atoms with Crippen LogP contribution in [0.2, 0.25) is 0 Å². The minimum Gasteiger partial charge on any atom is -0.444 e. The Balaban J connectivity index is 1.83. The molecule has 0 bridgehead atoms. The summed E-state index contributed by atoms with van der Waals surface area (Å²) in [6, 6.07) is -0.149. The van der Waals surface area contributed by atoms with Crippen LogP contribution in [-0.4, -0.2) is 36.1 Å². The van der Waals surface area contributed by atoms with Gasteiger partial charge in [0, 0.05) is 6.04 Å². The molecule has 1 atom stereocenters. The highest BCUT2D eigenvalue weighted by molar-refractivity contribution is 5.68. The van der Waals surface area contributed by atoms with Crippen molar-refractivity contribution in [2.24, 2.45) is 5.92 Å². The molecule has 1 heterocycles. The molecule has 1 spiro atoms. The van der Waals surface area contributed by atoms with E-state index in [1.807, 2.05) is 0 Å². The molecule has 0 radical (unpaired) electrons. The highest BCUT2D eigenvalue weighted by Crippen LogP contribution is 2.51. The summed E-state index contributed by atoms with van der Waals surface area (Å²) in [5, 5.41) is 2.72. The molecule has 4 nitrogen and oxygen atoms in total. The Morgan fingerprint density at radius 3 is 2.19 bits per heavy atom. The number of alkyl halides is 3. The number of hydrogen-bond acceptors (Lipinski definition) is 3. The summed E-state index contributed by atoms with van der Waals surface area (Å²) >= 11 is 0. The minimum absolute atomic E-state index is 0.149. The minimum atomic E-state index is -4.20. The van der Waals surface area contributed by atoms with Crippen LogP contribution in [0, 0.1) is 5.92 Å². The number of alkyl carbamates (subject to hydrolysis) is 1. The predicted octanol–water partition coefficient (Wildman–Crippen LogP) is 3.40. The van der Waals surface area contributed by atoms with Crippen LogP contribution in [-0.2, 0) is 9.47 Å². The van der Waals surface area contributed by atoms with Crippen LogP contribution in [0.1, 0.15) is 46.5 Å². The van der Waals surface area contributed by atoms with E-state index in [-0.39, 0.29) is 12.6 Å². The summed E-state index contributed by atoms with van der Waals surface area (Å²) < 4.78 is 49.0. The van der Waals surface area contributed by atoms with Gasteiger partial charge in [0.2, 0.25) is 0 Å². The number of hydrogen-bond donors (Lipinski definition) is 1. The Kier molecular flexibility index (Phi) is 4.17. The average molecular weight is 309 g/mol. The molecular formula is C14H22F3NO3. The Morgan fingerprint density at radius 1 is 1.24 bits per heavy atom. The highest BCUT2D eigenvalue weighted by atomic mass is 19.4. The molecule has 2 aliphatic rings. The number of rotatable bonds is 1. The second kappa shape index (κ2) is 5.34. The van der Waals surface area contributed by atoms with Crippen molar-refractivity contribution >= 4 is 6.09 Å². The van der Waals surface area contributed by atoms with E-state index in [9.17, 15) is 18.0 Å². The molecule has 1 saturated carbocycles. The first-order chi connectivity index (χ1) is 9.52. The van der Waals surface area contributed by atoms with Gasteiger partial charge in [0.25, 0.3) is 0 Å². The van der Waals surface area contributed by atoms with E-state index in [1.54, 1.807) is 20.8 Å². The Morgan fingerprint density at radius 2 is 1.81 bits per heavy atom. The molecule has 2 rings (SSSR count). The zero-order chi connectivity index (χ0) is 15.9. The quantitative estimate of drug-likeness (QED) is 0.807. The van der Waals surface area contributed by atoms with Crippen LogP contribution in [0.3, 0.4) is 0 Å². The van der Waals surface area contributed by atoms with Crippen LogP contribution in [0.15, 0.2) is 0 Å². The third kappa shape index (κ3) is 3.81. The van der Waals surface area contributed by atoms with Gasteiger partial charge in [0.1, 0.15) is 11.5 Å². The van der Waals surface area contributed by atoms with Gasteiger partial charge in [0.15, 0.2) is 0 Å². The first-order valence-corrected chi connectivity index (χ1v) is 7.22. The standard InChI is InChI=1S/C14H22F3NO3/c1-12(2,3)21-11(19)18-9-4-6-13(7-5-9)10(8-20-13)14(15,16)17/h9-10H,4-8H2,1-3H3,(H,18,19). The zero-order valence-corrected chi connectivity index (χ0v) is 12.5. The van der Waals surface area contributed by atoms with Crippen LogP contribution in [0.4, 0.5) is 18.0 Å². The van der Waals surface area contributed by atoms with E-state index < -0.39 is 29.4 Å². The van der Waals surface area contributed by atoms with Gasteiger partial charge < -0.3 is 14.8 Å². The summed E-state index contributed by atoms with van der Waals surface area (Å²) in [6.45, 7) is 5.05. The van der Waals surface area contributed by atoms with Gasteiger partial charge in [0.05, 0.1) is 12.2 Å². The van der Waals surface area contributed by atoms with Gasteiger partial charge in [-0.2, -0.15) is 13.2 Å². The highest BCUT2D eigenvalue weighted by Gasteiger charge is 2.61. The number of amides is 1. The summed E-state index contributed by atoms with van der Waals surface area (Å²) in [4.78, 5) is 11.7. The molecule has 1 aliphatic heterocycles. The SMILES string of the molecule is CC(C)(C)OC(=O)NC1CCC2(CC1)OCC2C(F)(F)F. The summed E-state index contributed by atoms with van der Waals surface area (Å²) in [6.07, 6.45) is -3.14. The maximum Gasteiger partial charge on any atom is 0.407 e. The van der Waals surface area contributed by atoms with Crippen LogP contribution in [0.25, 0.3) is 0 Å². The molecule has 1 amide bonds. The van der Waals surface area contributed by atoms with Crippen LogP contribution in [0.5, 0.6) is 0 Å². The monoisotopic (exact) mass is 309 g/mol. The second-order valence-corrected chi connectivity index (χ2v) is 6.89. The number of nitrogens with one attached hydrogen (secondary N) is 1. The fraction of sp³-hybridized carbons (Fsp3) is 0.929. The molecule has 1 aliphatic carbocycles. The molecule has 21 heavy (non-hydrogen) atoms. The lowest BCUT2D eigenvalue weighted by molar-refractivity contribution is -0.326. The molecule has 1 N–H and O–H groups in total. The lowest BCUT2D eigenvalue weighted by atomic mass is 9.70. The largest absolute Gasteiger partial charge is 0.444 e. The van der Waals surface area contributed by atoms with E-state index >= 15 is 0 Å². The van der Waals surface area contributed by atoms with Crippen LogP contribution >= 0.6 is 0 Å². The molecule has 0 aromatic heterocycles. The van der Waals surface area contributed by atoms with Crippen LogP contribution < -0.4 is 5.32 Å². The fourth-order valence-corrected chi connectivity index (χ4v) is 3.01. The van der Waals surface area contributed by atoms with Crippen molar-refractivity contribution < 1.29 is 27.4 Å². The van der Waals surface area contributed by atoms with Gasteiger partial charge in [-0.1, -0.05) is 0 Å². The van der Waals surface area contributed by atoms with E-state index in [0.29, 0.717) is 25.7 Å². The molecule has 0 aromatic carbocycles. The van der Waals surface area contributed by atoms with Gasteiger partial charge in [-0.25, -0.2) is 4.79 Å². The van der Waals surface area contributed by atoms with Crippen molar-refractivity contribution in [2.75, 3.05) is 6.61 Å². The summed E-state index contributed by atoms with van der Waals surface area (Å²) in [5.41, 5.74) is -1.65. The van der Waals surface area contributed by atoms with Crippen molar-refractivity contribution in [1.82, 2.24) is 5.32 Å². The number of carbonyl (C=O) groups is 1. The van der Waals surface area contributed by atoms with E-state index in [1.165, 1.54) is 0 Å². The van der Waals surface area contributed by atoms with Gasteiger partial charge in [-0.3, -0.25) is 0 Å². The Hall–Kier alpha value is -0.980. The molecule has 0 aromatic rings. The Labute approximate surface area is 122 Å².